The summed E-state index contributed by atoms with van der Waals surface area (Å²) >= 11 is 0. The van der Waals surface area contributed by atoms with Gasteiger partial charge in [0.05, 0.1) is 23.3 Å². The molecule has 0 unspecified atom stereocenters. The van der Waals surface area contributed by atoms with Crippen molar-refractivity contribution in [2.24, 2.45) is 0 Å². The zero-order valence-electron chi connectivity index (χ0n) is 15.6. The third-order valence-corrected chi connectivity index (χ3v) is 5.72. The number of aromatic nitrogens is 2. The number of benzene rings is 1. The summed E-state index contributed by atoms with van der Waals surface area (Å²) in [4.78, 5) is 14.9. The van der Waals surface area contributed by atoms with E-state index in [9.17, 15) is 17.6 Å². The smallest absolute Gasteiger partial charge is 0.407 e. The van der Waals surface area contributed by atoms with E-state index in [2.05, 4.69) is 10.3 Å². The Morgan fingerprint density at radius 1 is 1.24 bits per heavy atom. The second-order valence-corrected chi connectivity index (χ2v) is 7.70. The minimum absolute atomic E-state index is 0.00911. The number of carbonyl (C=O) groups excluding carboxylic acids is 1. The van der Waals surface area contributed by atoms with Crippen LogP contribution in [0.25, 0.3) is 11.3 Å². The van der Waals surface area contributed by atoms with Crippen LogP contribution in [-0.2, 0) is 21.4 Å². The maximum Gasteiger partial charge on any atom is 0.407 e. The number of pyridine rings is 1. The average molecular weight is 419 g/mol. The first-order valence-electron chi connectivity index (χ1n) is 8.43. The van der Waals surface area contributed by atoms with E-state index in [1.807, 2.05) is 0 Å². The van der Waals surface area contributed by atoms with Gasteiger partial charge in [0.2, 0.25) is 5.95 Å². The molecule has 1 N–H and O–H groups in total. The van der Waals surface area contributed by atoms with Crippen molar-refractivity contribution in [1.82, 2.24) is 14.3 Å². The van der Waals surface area contributed by atoms with Crippen molar-refractivity contribution in [3.8, 4) is 17.0 Å². The summed E-state index contributed by atoms with van der Waals surface area (Å²) in [7, 11) is -1.28. The van der Waals surface area contributed by atoms with Crippen LogP contribution >= 0.6 is 0 Å². The van der Waals surface area contributed by atoms with Crippen molar-refractivity contribution >= 4 is 16.1 Å². The molecule has 3 aromatic rings. The molecule has 2 heterocycles. The molecule has 0 spiro atoms. The van der Waals surface area contributed by atoms with Gasteiger partial charge in [0.25, 0.3) is 10.0 Å². The molecule has 10 heteroatoms. The molecule has 3 rings (SSSR count). The molecule has 1 aromatic carbocycles. The second kappa shape index (κ2) is 8.31. The van der Waals surface area contributed by atoms with Crippen LogP contribution in [0, 0.1) is 5.95 Å². The van der Waals surface area contributed by atoms with Crippen LogP contribution in [0.2, 0.25) is 0 Å². The summed E-state index contributed by atoms with van der Waals surface area (Å²) in [6.07, 6.45) is 1.86. The molecule has 152 valence electrons. The number of hydrogen-bond acceptors (Lipinski definition) is 6. The molecule has 0 aliphatic carbocycles. The fourth-order valence-electron chi connectivity index (χ4n) is 2.64. The summed E-state index contributed by atoms with van der Waals surface area (Å²) in [6, 6.07) is 10.3. The van der Waals surface area contributed by atoms with Crippen molar-refractivity contribution in [2.75, 3.05) is 14.2 Å². The van der Waals surface area contributed by atoms with Crippen molar-refractivity contribution in [1.29, 1.82) is 0 Å². The maximum absolute atomic E-state index is 14.3. The zero-order chi connectivity index (χ0) is 21.0. The molecule has 0 fully saturated rings. The topological polar surface area (TPSA) is 99.5 Å². The van der Waals surface area contributed by atoms with Gasteiger partial charge >= 0.3 is 6.09 Å². The molecule has 0 radical (unpaired) electrons. The second-order valence-electron chi connectivity index (χ2n) is 5.88. The summed E-state index contributed by atoms with van der Waals surface area (Å²) in [5.41, 5.74) is 0.400. The van der Waals surface area contributed by atoms with E-state index in [4.69, 9.17) is 9.47 Å². The highest BCUT2D eigenvalue weighted by molar-refractivity contribution is 7.90. The molecule has 0 saturated carbocycles. The first-order valence-corrected chi connectivity index (χ1v) is 9.87. The maximum atomic E-state index is 14.3. The lowest BCUT2D eigenvalue weighted by molar-refractivity contribution is 0.142. The third-order valence-electron chi connectivity index (χ3n) is 4.05. The lowest BCUT2D eigenvalue weighted by atomic mass is 10.2. The monoisotopic (exact) mass is 419 g/mol. The van der Waals surface area contributed by atoms with Gasteiger partial charge in [0, 0.05) is 31.1 Å². The normalized spacial score (nSPS) is 11.1. The van der Waals surface area contributed by atoms with E-state index in [1.165, 1.54) is 62.9 Å². The Morgan fingerprint density at radius 2 is 2.03 bits per heavy atom. The molecule has 0 aliphatic heterocycles. The third kappa shape index (κ3) is 4.21. The summed E-state index contributed by atoms with van der Waals surface area (Å²) in [5.74, 6) is -0.470. The van der Waals surface area contributed by atoms with Gasteiger partial charge in [-0.15, -0.1) is 0 Å². The predicted molar refractivity (Wildman–Crippen MR) is 102 cm³/mol. The first-order chi connectivity index (χ1) is 13.9. The minimum Gasteiger partial charge on any atom is -0.497 e. The average Bonchev–Trinajstić information content (AvgIpc) is 3.17. The SMILES string of the molecule is CNC(=O)OCc1cc(-c2cccnc2F)n(S(=O)(=O)c2cccc(OC)c2)c1. The quantitative estimate of drug-likeness (QED) is 0.617. The Balaban J connectivity index is 2.14. The number of nitrogens with one attached hydrogen (secondary N) is 1. The van der Waals surface area contributed by atoms with Gasteiger partial charge in [-0.2, -0.15) is 4.39 Å². The van der Waals surface area contributed by atoms with Gasteiger partial charge in [-0.1, -0.05) is 6.07 Å². The molecule has 0 bridgehead atoms. The van der Waals surface area contributed by atoms with Crippen LogP contribution < -0.4 is 10.1 Å². The van der Waals surface area contributed by atoms with Gasteiger partial charge in [-0.3, -0.25) is 0 Å². The number of hydrogen-bond donors (Lipinski definition) is 1. The number of alkyl carbamates (subject to hydrolysis) is 1. The highest BCUT2D eigenvalue weighted by Crippen LogP contribution is 2.29. The number of methoxy groups -OCH3 is 1. The summed E-state index contributed by atoms with van der Waals surface area (Å²) in [6.45, 7) is -0.199. The molecular formula is C19H18FN3O5S. The van der Waals surface area contributed by atoms with Gasteiger partial charge < -0.3 is 14.8 Å². The number of carbonyl (C=O) groups is 1. The fraction of sp³-hybridized carbons (Fsp3) is 0.158. The van der Waals surface area contributed by atoms with E-state index >= 15 is 0 Å². The van der Waals surface area contributed by atoms with Crippen molar-refractivity contribution in [2.45, 2.75) is 11.5 Å². The lowest BCUT2D eigenvalue weighted by Crippen LogP contribution is -2.18. The molecule has 8 nitrogen and oxygen atoms in total. The van der Waals surface area contributed by atoms with E-state index in [-0.39, 0.29) is 22.8 Å². The van der Waals surface area contributed by atoms with Crippen LogP contribution in [0.3, 0.4) is 0 Å². The van der Waals surface area contributed by atoms with Crippen LogP contribution in [0.5, 0.6) is 5.75 Å². The van der Waals surface area contributed by atoms with E-state index in [1.54, 1.807) is 6.07 Å². The highest BCUT2D eigenvalue weighted by Gasteiger charge is 2.24. The first kappa shape index (κ1) is 20.3. The van der Waals surface area contributed by atoms with Crippen LogP contribution in [0.1, 0.15) is 5.56 Å². The van der Waals surface area contributed by atoms with Crippen molar-refractivity contribution < 1.29 is 27.1 Å². The number of halogens is 1. The number of rotatable bonds is 6. The Hall–Kier alpha value is -3.40. The van der Waals surface area contributed by atoms with Crippen LogP contribution in [-0.4, -0.2) is 37.6 Å². The highest BCUT2D eigenvalue weighted by atomic mass is 32.2. The van der Waals surface area contributed by atoms with Crippen molar-refractivity contribution in [3.63, 3.8) is 0 Å². The standard InChI is InChI=1S/C19H18FN3O5S/c1-21-19(24)28-12-13-9-17(16-7-4-8-22-18(16)20)23(11-13)29(25,26)15-6-3-5-14(10-15)27-2/h3-11H,12H2,1-2H3,(H,21,24). The van der Waals surface area contributed by atoms with Gasteiger partial charge in [-0.25, -0.2) is 22.2 Å². The molecule has 0 aliphatic rings. The molecule has 29 heavy (non-hydrogen) atoms. The number of amides is 1. The Morgan fingerprint density at radius 3 is 2.72 bits per heavy atom. The lowest BCUT2D eigenvalue weighted by Gasteiger charge is -2.11. The van der Waals surface area contributed by atoms with Crippen LogP contribution in [0.15, 0.2) is 59.8 Å². The number of nitrogens with zero attached hydrogens (tertiary/aromatic N) is 2. The fourth-order valence-corrected chi connectivity index (χ4v) is 4.07. The summed E-state index contributed by atoms with van der Waals surface area (Å²) < 4.78 is 51.8. The van der Waals surface area contributed by atoms with Crippen LogP contribution in [0.4, 0.5) is 9.18 Å². The molecule has 1 amide bonds. The van der Waals surface area contributed by atoms with Gasteiger partial charge in [-0.05, 0) is 30.3 Å². The summed E-state index contributed by atoms with van der Waals surface area (Å²) in [5, 5.41) is 2.30. The largest absolute Gasteiger partial charge is 0.497 e. The number of ether oxygens (including phenoxy) is 2. The molecule has 0 atom stereocenters. The predicted octanol–water partition coefficient (Wildman–Crippen LogP) is 2.79. The van der Waals surface area contributed by atoms with Gasteiger partial charge in [0.15, 0.2) is 0 Å². The Labute approximate surface area is 167 Å². The van der Waals surface area contributed by atoms with Gasteiger partial charge in [0.1, 0.15) is 12.4 Å². The van der Waals surface area contributed by atoms with E-state index < -0.39 is 22.1 Å². The van der Waals surface area contributed by atoms with E-state index in [0.717, 1.165) is 3.97 Å². The molecule has 2 aromatic heterocycles. The zero-order valence-corrected chi connectivity index (χ0v) is 16.4. The minimum atomic E-state index is -4.10. The molecular weight excluding hydrogens is 401 g/mol. The van der Waals surface area contributed by atoms with E-state index in [0.29, 0.717) is 11.3 Å². The van der Waals surface area contributed by atoms with Crippen molar-refractivity contribution in [3.05, 3.63) is 66.4 Å². The molecule has 0 saturated heterocycles. The Kier molecular flexibility index (Phi) is 5.83. The Bertz CT molecular complexity index is 1140.